The first-order chi connectivity index (χ1) is 9.13. The molecular formula is C14H17ClFNO2. The van der Waals surface area contributed by atoms with Gasteiger partial charge in [-0.3, -0.25) is 4.79 Å². The third-order valence-corrected chi connectivity index (χ3v) is 3.75. The largest absolute Gasteiger partial charge is 0.507 e. The van der Waals surface area contributed by atoms with Crippen LogP contribution in [-0.4, -0.2) is 34.9 Å². The number of phenols is 1. The van der Waals surface area contributed by atoms with Gasteiger partial charge >= 0.3 is 0 Å². The van der Waals surface area contributed by atoms with Crippen LogP contribution in [0.3, 0.4) is 0 Å². The van der Waals surface area contributed by atoms with E-state index in [-0.39, 0.29) is 11.3 Å². The smallest absolute Gasteiger partial charge is 0.260 e. The Hall–Kier alpha value is -1.29. The number of carbonyl (C=O) groups is 1. The van der Waals surface area contributed by atoms with Crippen molar-refractivity contribution in [2.24, 2.45) is 5.92 Å². The Balaban J connectivity index is 2.15. The van der Waals surface area contributed by atoms with Crippen molar-refractivity contribution in [2.75, 3.05) is 19.0 Å². The lowest BCUT2D eigenvalue weighted by Gasteiger charge is -2.32. The molecule has 1 aliphatic heterocycles. The van der Waals surface area contributed by atoms with E-state index in [2.05, 4.69) is 0 Å². The van der Waals surface area contributed by atoms with Gasteiger partial charge in [0, 0.05) is 19.0 Å². The molecule has 1 aromatic carbocycles. The fourth-order valence-corrected chi connectivity index (χ4v) is 2.83. The van der Waals surface area contributed by atoms with Crippen LogP contribution in [0.25, 0.3) is 0 Å². The van der Waals surface area contributed by atoms with Gasteiger partial charge in [-0.2, -0.15) is 0 Å². The zero-order valence-corrected chi connectivity index (χ0v) is 11.4. The summed E-state index contributed by atoms with van der Waals surface area (Å²) in [5.74, 6) is -0.481. The van der Waals surface area contributed by atoms with Crippen molar-refractivity contribution in [2.45, 2.75) is 19.3 Å². The summed E-state index contributed by atoms with van der Waals surface area (Å²) in [6, 6.07) is 3.90. The monoisotopic (exact) mass is 285 g/mol. The highest BCUT2D eigenvalue weighted by Crippen LogP contribution is 2.26. The van der Waals surface area contributed by atoms with Crippen LogP contribution in [0.4, 0.5) is 4.39 Å². The number of halogens is 2. The summed E-state index contributed by atoms with van der Waals surface area (Å²) < 4.78 is 13.7. The lowest BCUT2D eigenvalue weighted by Crippen LogP contribution is -2.40. The predicted octanol–water partition coefficient (Wildman–Crippen LogP) is 3.01. The van der Waals surface area contributed by atoms with Gasteiger partial charge in [0.25, 0.3) is 5.91 Å². The van der Waals surface area contributed by atoms with Crippen molar-refractivity contribution in [3.05, 3.63) is 29.6 Å². The van der Waals surface area contributed by atoms with Gasteiger partial charge < -0.3 is 10.0 Å². The third-order valence-electron chi connectivity index (χ3n) is 3.53. The summed E-state index contributed by atoms with van der Waals surface area (Å²) in [6.45, 7) is 1.19. The third kappa shape index (κ3) is 3.18. The number of carbonyl (C=O) groups excluding carboxylic acids is 1. The van der Waals surface area contributed by atoms with E-state index in [1.54, 1.807) is 4.90 Å². The molecule has 0 aromatic heterocycles. The standard InChI is InChI=1S/C14H17ClFNO2/c15-7-6-10-3-2-8-17(9-10)14(19)13-11(16)4-1-5-12(13)18/h1,4-5,10,18H,2-3,6-9H2. The van der Waals surface area contributed by atoms with Crippen LogP contribution >= 0.6 is 11.6 Å². The van der Waals surface area contributed by atoms with Gasteiger partial charge in [-0.1, -0.05) is 6.07 Å². The van der Waals surface area contributed by atoms with E-state index in [0.29, 0.717) is 24.9 Å². The van der Waals surface area contributed by atoms with Crippen molar-refractivity contribution >= 4 is 17.5 Å². The molecule has 0 saturated carbocycles. The fraction of sp³-hybridized carbons (Fsp3) is 0.500. The zero-order valence-electron chi connectivity index (χ0n) is 10.6. The SMILES string of the molecule is O=C(c1c(O)cccc1F)N1CCCC(CCCl)C1. The highest BCUT2D eigenvalue weighted by Gasteiger charge is 2.27. The first-order valence-corrected chi connectivity index (χ1v) is 6.99. The van der Waals surface area contributed by atoms with Crippen molar-refractivity contribution in [1.29, 1.82) is 0 Å². The van der Waals surface area contributed by atoms with Crippen molar-refractivity contribution in [3.8, 4) is 5.75 Å². The van der Waals surface area contributed by atoms with Gasteiger partial charge in [-0.25, -0.2) is 4.39 Å². The number of phenolic OH excluding ortho intramolecular Hbond substituents is 1. The Morgan fingerprint density at radius 2 is 2.32 bits per heavy atom. The molecule has 0 spiro atoms. The van der Waals surface area contributed by atoms with E-state index in [9.17, 15) is 14.3 Å². The molecule has 0 radical (unpaired) electrons. The molecule has 1 aliphatic rings. The number of likely N-dealkylation sites (tertiary alicyclic amines) is 1. The van der Waals surface area contributed by atoms with Crippen LogP contribution in [0.2, 0.25) is 0 Å². The average Bonchev–Trinajstić information content (AvgIpc) is 2.39. The number of rotatable bonds is 3. The molecule has 1 aromatic rings. The molecule has 1 N–H and O–H groups in total. The number of hydrogen-bond acceptors (Lipinski definition) is 2. The highest BCUT2D eigenvalue weighted by atomic mass is 35.5. The summed E-state index contributed by atoms with van der Waals surface area (Å²) in [4.78, 5) is 13.9. The van der Waals surface area contributed by atoms with E-state index in [1.807, 2.05) is 0 Å². The van der Waals surface area contributed by atoms with Gasteiger partial charge in [0.15, 0.2) is 0 Å². The summed E-state index contributed by atoms with van der Waals surface area (Å²) in [5, 5.41) is 9.65. The molecule has 1 heterocycles. The average molecular weight is 286 g/mol. The summed E-state index contributed by atoms with van der Waals surface area (Å²) in [6.07, 6.45) is 2.79. The molecule has 1 unspecified atom stereocenters. The molecule has 1 atom stereocenters. The van der Waals surface area contributed by atoms with Gasteiger partial charge in [-0.15, -0.1) is 11.6 Å². The van der Waals surface area contributed by atoms with E-state index in [4.69, 9.17) is 11.6 Å². The van der Waals surface area contributed by atoms with Crippen LogP contribution in [-0.2, 0) is 0 Å². The van der Waals surface area contributed by atoms with Crippen molar-refractivity contribution < 1.29 is 14.3 Å². The topological polar surface area (TPSA) is 40.5 Å². The Labute approximate surface area is 117 Å². The maximum Gasteiger partial charge on any atom is 0.260 e. The molecule has 5 heteroatoms. The second-order valence-electron chi connectivity index (χ2n) is 4.87. The Kier molecular flexibility index (Phi) is 4.64. The van der Waals surface area contributed by atoms with E-state index < -0.39 is 11.7 Å². The van der Waals surface area contributed by atoms with Crippen LogP contribution in [0.5, 0.6) is 5.75 Å². The normalized spacial score (nSPS) is 19.5. The molecule has 3 nitrogen and oxygen atoms in total. The fourth-order valence-electron chi connectivity index (χ4n) is 2.52. The Morgan fingerprint density at radius 3 is 3.00 bits per heavy atom. The Morgan fingerprint density at radius 1 is 1.53 bits per heavy atom. The Bertz CT molecular complexity index is 445. The highest BCUT2D eigenvalue weighted by molar-refractivity contribution is 6.17. The van der Waals surface area contributed by atoms with Crippen LogP contribution in [0.1, 0.15) is 29.6 Å². The molecule has 1 saturated heterocycles. The zero-order chi connectivity index (χ0) is 13.8. The first-order valence-electron chi connectivity index (χ1n) is 6.46. The van der Waals surface area contributed by atoms with Gasteiger partial charge in [0.1, 0.15) is 17.1 Å². The number of hydrogen-bond donors (Lipinski definition) is 1. The molecule has 1 amide bonds. The molecule has 19 heavy (non-hydrogen) atoms. The number of aromatic hydroxyl groups is 1. The minimum atomic E-state index is -0.676. The quantitative estimate of drug-likeness (QED) is 0.867. The molecule has 1 fully saturated rings. The maximum atomic E-state index is 13.7. The van der Waals surface area contributed by atoms with Gasteiger partial charge in [0.2, 0.25) is 0 Å². The van der Waals surface area contributed by atoms with Crippen LogP contribution in [0, 0.1) is 11.7 Å². The molecule has 0 bridgehead atoms. The molecule has 2 rings (SSSR count). The lowest BCUT2D eigenvalue weighted by molar-refractivity contribution is 0.0663. The minimum absolute atomic E-state index is 0.228. The van der Waals surface area contributed by atoms with E-state index in [0.717, 1.165) is 19.3 Å². The summed E-state index contributed by atoms with van der Waals surface area (Å²) in [7, 11) is 0. The summed E-state index contributed by atoms with van der Waals surface area (Å²) >= 11 is 5.73. The van der Waals surface area contributed by atoms with Gasteiger partial charge in [-0.05, 0) is 37.3 Å². The predicted molar refractivity (Wildman–Crippen MR) is 72.0 cm³/mol. The number of alkyl halides is 1. The maximum absolute atomic E-state index is 13.7. The lowest BCUT2D eigenvalue weighted by atomic mass is 9.95. The van der Waals surface area contributed by atoms with E-state index in [1.165, 1.54) is 18.2 Å². The number of benzene rings is 1. The minimum Gasteiger partial charge on any atom is -0.507 e. The number of piperidine rings is 1. The van der Waals surface area contributed by atoms with E-state index >= 15 is 0 Å². The number of amides is 1. The van der Waals surface area contributed by atoms with Gasteiger partial charge in [0.05, 0.1) is 0 Å². The van der Waals surface area contributed by atoms with Crippen LogP contribution < -0.4 is 0 Å². The second kappa shape index (κ2) is 6.24. The molecule has 0 aliphatic carbocycles. The van der Waals surface area contributed by atoms with Crippen molar-refractivity contribution in [3.63, 3.8) is 0 Å². The van der Waals surface area contributed by atoms with Crippen molar-refractivity contribution in [1.82, 2.24) is 4.90 Å². The second-order valence-corrected chi connectivity index (χ2v) is 5.25. The first kappa shape index (κ1) is 14.1. The summed E-state index contributed by atoms with van der Waals surface area (Å²) in [5.41, 5.74) is -0.228. The van der Waals surface area contributed by atoms with Crippen LogP contribution in [0.15, 0.2) is 18.2 Å². The molecule has 104 valence electrons. The number of nitrogens with zero attached hydrogens (tertiary/aromatic N) is 1. The molecular weight excluding hydrogens is 269 g/mol.